The SMILES string of the molecule is CC[C@H]1C(C(=O)N[C@]2(C(=O)NS(=O)(=O)C3(C)CC3)CC2C(F)F)N2C[C@@H]1Oc1nc3cc(OC)ccc3nc1CCCCC[C@@H]1CCC[C@@]1(C)OC(=O)N[C@@H](C(C)(C)C)C2=O. The molecule has 3 saturated carbocycles. The lowest BCUT2D eigenvalue weighted by atomic mass is 9.85. The Morgan fingerprint density at radius 1 is 1.05 bits per heavy atom. The minimum Gasteiger partial charge on any atom is -0.497 e. The van der Waals surface area contributed by atoms with Gasteiger partial charge in [-0.3, -0.25) is 19.1 Å². The second-order valence-electron chi connectivity index (χ2n) is 19.3. The van der Waals surface area contributed by atoms with E-state index in [1.807, 2.05) is 17.7 Å². The minimum atomic E-state index is -4.25. The molecule has 61 heavy (non-hydrogen) atoms. The molecule has 5 aliphatic rings. The van der Waals surface area contributed by atoms with Crippen molar-refractivity contribution in [3.8, 4) is 11.6 Å². The monoisotopic (exact) mass is 874 g/mol. The molecule has 2 aliphatic heterocycles. The molecule has 0 radical (unpaired) electrons. The second kappa shape index (κ2) is 16.4. The Hall–Kier alpha value is -4.35. The summed E-state index contributed by atoms with van der Waals surface area (Å²) in [5, 5.41) is 5.36. The van der Waals surface area contributed by atoms with Crippen LogP contribution in [0.2, 0.25) is 0 Å². The van der Waals surface area contributed by atoms with Gasteiger partial charge in [-0.2, -0.15) is 0 Å². The molecular formula is C43H60F2N6O9S. The van der Waals surface area contributed by atoms with E-state index in [1.54, 1.807) is 46.9 Å². The zero-order chi connectivity index (χ0) is 44.3. The van der Waals surface area contributed by atoms with Crippen LogP contribution < -0.4 is 24.8 Å². The number of fused-ring (bicyclic) bond motifs is 5. The van der Waals surface area contributed by atoms with Gasteiger partial charge in [0.15, 0.2) is 0 Å². The van der Waals surface area contributed by atoms with Crippen LogP contribution in [0.25, 0.3) is 11.0 Å². The summed E-state index contributed by atoms with van der Waals surface area (Å²) >= 11 is 0. The zero-order valence-electron chi connectivity index (χ0n) is 36.1. The fourth-order valence-electron chi connectivity index (χ4n) is 9.59. The van der Waals surface area contributed by atoms with E-state index in [0.717, 1.165) is 38.5 Å². The highest BCUT2D eigenvalue weighted by molar-refractivity contribution is 7.91. The van der Waals surface area contributed by atoms with Crippen molar-refractivity contribution < 1.29 is 50.6 Å². The number of sulfonamides is 1. The Morgan fingerprint density at radius 2 is 1.77 bits per heavy atom. The summed E-state index contributed by atoms with van der Waals surface area (Å²) in [6.45, 7) is 10.3. The van der Waals surface area contributed by atoms with Gasteiger partial charge in [0.25, 0.3) is 5.91 Å². The number of methoxy groups -OCH3 is 1. The molecule has 4 amide bonds. The van der Waals surface area contributed by atoms with Gasteiger partial charge in [-0.1, -0.05) is 40.5 Å². The van der Waals surface area contributed by atoms with Gasteiger partial charge in [-0.15, -0.1) is 0 Å². The van der Waals surface area contributed by atoms with Crippen molar-refractivity contribution in [2.24, 2.45) is 23.2 Å². The number of hydrogen-bond acceptors (Lipinski definition) is 11. The third-order valence-electron chi connectivity index (χ3n) is 13.9. The lowest BCUT2D eigenvalue weighted by Gasteiger charge is -2.37. The number of benzene rings is 1. The maximum absolute atomic E-state index is 15.1. The van der Waals surface area contributed by atoms with Gasteiger partial charge in [0.05, 0.1) is 35.4 Å². The van der Waals surface area contributed by atoms with Crippen LogP contribution in [0, 0.1) is 23.2 Å². The first-order valence-electron chi connectivity index (χ1n) is 21.6. The number of nitrogens with zero attached hydrogens (tertiary/aromatic N) is 3. The highest BCUT2D eigenvalue weighted by Gasteiger charge is 2.68. The number of rotatable bonds is 8. The largest absolute Gasteiger partial charge is 0.497 e. The summed E-state index contributed by atoms with van der Waals surface area (Å²) in [6.07, 6.45) is 1.92. The molecule has 18 heteroatoms. The predicted octanol–water partition coefficient (Wildman–Crippen LogP) is 5.58. The third-order valence-corrected chi connectivity index (χ3v) is 16.1. The first-order chi connectivity index (χ1) is 28.6. The van der Waals surface area contributed by atoms with E-state index in [0.29, 0.717) is 48.2 Å². The number of aromatic nitrogens is 2. The van der Waals surface area contributed by atoms with Crippen LogP contribution in [0.3, 0.4) is 0 Å². The smallest absolute Gasteiger partial charge is 0.408 e. The highest BCUT2D eigenvalue weighted by Crippen LogP contribution is 2.50. The average molecular weight is 875 g/mol. The maximum Gasteiger partial charge on any atom is 0.408 e. The quantitative estimate of drug-likeness (QED) is 0.300. The van der Waals surface area contributed by atoms with E-state index in [2.05, 4.69) is 10.6 Å². The molecule has 2 aromatic rings. The number of carbonyl (C=O) groups excluding carboxylic acids is 4. The number of nitrogens with one attached hydrogen (secondary N) is 3. The van der Waals surface area contributed by atoms with Crippen LogP contribution >= 0.6 is 0 Å². The van der Waals surface area contributed by atoms with E-state index in [9.17, 15) is 31.6 Å². The fraction of sp³-hybridized carbons (Fsp3) is 0.721. The molecule has 0 spiro atoms. The summed E-state index contributed by atoms with van der Waals surface area (Å²) < 4.78 is 74.2. The van der Waals surface area contributed by atoms with Crippen LogP contribution in [-0.4, -0.2) is 101 Å². The van der Waals surface area contributed by atoms with Gasteiger partial charge >= 0.3 is 6.09 Å². The van der Waals surface area contributed by atoms with Crippen LogP contribution in [-0.2, 0) is 35.6 Å². The summed E-state index contributed by atoms with van der Waals surface area (Å²) in [6, 6.07) is 2.71. The maximum atomic E-state index is 15.1. The van der Waals surface area contributed by atoms with Crippen molar-refractivity contribution in [3.05, 3.63) is 23.9 Å². The van der Waals surface area contributed by atoms with E-state index in [4.69, 9.17) is 24.2 Å². The number of ether oxygens (including phenoxy) is 3. The summed E-state index contributed by atoms with van der Waals surface area (Å²) in [5.74, 6) is -4.42. The van der Waals surface area contributed by atoms with E-state index < -0.39 is 98.0 Å². The molecule has 336 valence electrons. The average Bonchev–Trinajstić information content (AvgIpc) is 4.05. The number of hydrogen-bond donors (Lipinski definition) is 3. The Bertz CT molecular complexity index is 2170. The predicted molar refractivity (Wildman–Crippen MR) is 220 cm³/mol. The first kappa shape index (κ1) is 44.7. The fourth-order valence-corrected chi connectivity index (χ4v) is 10.9. The number of halogens is 2. The van der Waals surface area contributed by atoms with Gasteiger partial charge < -0.3 is 29.7 Å². The van der Waals surface area contributed by atoms with E-state index >= 15 is 4.79 Å². The molecule has 15 nitrogen and oxygen atoms in total. The van der Waals surface area contributed by atoms with Gasteiger partial charge in [-0.05, 0) is 102 Å². The molecule has 1 aromatic carbocycles. The Balaban J connectivity index is 1.29. The molecule has 8 atom stereocenters. The number of aryl methyl sites for hydroxylation is 1. The minimum absolute atomic E-state index is 0.110. The molecule has 3 N–H and O–H groups in total. The molecule has 4 fully saturated rings. The van der Waals surface area contributed by atoms with Crippen molar-refractivity contribution in [2.75, 3.05) is 13.7 Å². The van der Waals surface area contributed by atoms with Crippen molar-refractivity contribution in [3.63, 3.8) is 0 Å². The second-order valence-corrected chi connectivity index (χ2v) is 21.5. The standard InChI is InChI=1S/C43H60F2N6O9S/c1-8-26-31-23-51(32(26)35(52)49-43(22-27(43)34(44)45)38(54)50-61(56,57)41(5)19-20-41)37(53)33(40(2,3)4)48-39(55)60-42(6)18-12-14-24(42)13-10-9-11-15-29-36(59-31)47-30-21-25(58-7)16-17-28(30)46-29/h16-17,21,24,26-27,31-34H,8-15,18-20,22-23H2,1-7H3,(H,48,55)(H,49,52)(H,50,54)/t24-,26-,27?,31+,32?,33-,42-,43-/m1/s1. The molecule has 3 aliphatic carbocycles. The van der Waals surface area contributed by atoms with Crippen LogP contribution in [0.4, 0.5) is 13.6 Å². The Kier molecular flexibility index (Phi) is 12.0. The van der Waals surface area contributed by atoms with Crippen molar-refractivity contribution in [2.45, 2.75) is 159 Å². The molecule has 2 bridgehead atoms. The van der Waals surface area contributed by atoms with Crippen LogP contribution in [0.15, 0.2) is 18.2 Å². The van der Waals surface area contributed by atoms with Crippen LogP contribution in [0.1, 0.15) is 118 Å². The van der Waals surface area contributed by atoms with Crippen molar-refractivity contribution >= 4 is 44.9 Å². The lowest BCUT2D eigenvalue weighted by Crippen LogP contribution is -2.61. The highest BCUT2D eigenvalue weighted by atomic mass is 32.2. The Labute approximate surface area is 356 Å². The lowest BCUT2D eigenvalue weighted by molar-refractivity contribution is -0.144. The Morgan fingerprint density at radius 3 is 2.41 bits per heavy atom. The molecule has 3 heterocycles. The third kappa shape index (κ3) is 8.70. The molecular weight excluding hydrogens is 815 g/mol. The molecule has 1 aromatic heterocycles. The number of alkyl carbamates (subject to hydrolysis) is 1. The van der Waals surface area contributed by atoms with E-state index in [1.165, 1.54) is 11.8 Å². The molecule has 1 saturated heterocycles. The number of alkyl halides is 2. The van der Waals surface area contributed by atoms with Gasteiger partial charge in [0.1, 0.15) is 40.8 Å². The van der Waals surface area contributed by atoms with Gasteiger partial charge in [0.2, 0.25) is 34.1 Å². The van der Waals surface area contributed by atoms with Crippen LogP contribution in [0.5, 0.6) is 11.6 Å². The normalized spacial score (nSPS) is 31.7. The zero-order valence-corrected chi connectivity index (χ0v) is 37.0. The van der Waals surface area contributed by atoms with E-state index in [-0.39, 0.29) is 24.8 Å². The van der Waals surface area contributed by atoms with Gasteiger partial charge in [0, 0.05) is 12.0 Å². The number of amides is 4. The van der Waals surface area contributed by atoms with Gasteiger partial charge in [-0.25, -0.2) is 32.0 Å². The summed E-state index contributed by atoms with van der Waals surface area (Å²) in [5.41, 5.74) is -2.22. The summed E-state index contributed by atoms with van der Waals surface area (Å²) in [7, 11) is -2.71. The molecule has 2 unspecified atom stereocenters. The number of carbonyl (C=O) groups is 4. The topological polar surface area (TPSA) is 195 Å². The molecule has 7 rings (SSSR count). The first-order valence-corrected chi connectivity index (χ1v) is 23.1. The van der Waals surface area contributed by atoms with Crippen molar-refractivity contribution in [1.29, 1.82) is 0 Å². The van der Waals surface area contributed by atoms with Crippen molar-refractivity contribution in [1.82, 2.24) is 30.2 Å². The summed E-state index contributed by atoms with van der Waals surface area (Å²) in [4.78, 5) is 68.6.